The summed E-state index contributed by atoms with van der Waals surface area (Å²) in [5.74, 6) is -75.3. The second-order valence-corrected chi connectivity index (χ2v) is 20.6. The minimum atomic E-state index is -2.96. The lowest BCUT2D eigenvalue weighted by molar-refractivity contribution is 0.373. The average Bonchev–Trinajstić information content (AvgIpc) is 1.03. The minimum absolute atomic E-state index is 0.143. The predicted molar refractivity (Wildman–Crippen MR) is 271 cm³/mol. The first-order valence-electron chi connectivity index (χ1n) is 25.6. The van der Waals surface area contributed by atoms with Crippen LogP contribution in [-0.4, -0.2) is 33.2 Å². The summed E-state index contributed by atoms with van der Waals surface area (Å²) >= 11 is 0. The molecule has 6 nitrogen and oxygen atoms in total. The summed E-state index contributed by atoms with van der Waals surface area (Å²) < 4.78 is 404. The van der Waals surface area contributed by atoms with Crippen LogP contribution in [0.1, 0.15) is 39.3 Å². The highest BCUT2D eigenvalue weighted by Gasteiger charge is 2.59. The van der Waals surface area contributed by atoms with Crippen LogP contribution in [0, 0.1) is 145 Å². The molecule has 0 amide bonds. The molecule has 464 valence electrons. The van der Waals surface area contributed by atoms with Crippen molar-refractivity contribution in [3.05, 3.63) is 290 Å². The molecule has 14 bridgehead atoms. The van der Waals surface area contributed by atoms with Crippen LogP contribution in [0.15, 0.2) is 115 Å². The molecule has 1 aromatic heterocycles. The lowest BCUT2D eigenvalue weighted by atomic mass is 9.73. The van der Waals surface area contributed by atoms with Gasteiger partial charge < -0.3 is 15.6 Å². The zero-order valence-corrected chi connectivity index (χ0v) is 43.7. The van der Waals surface area contributed by atoms with Gasteiger partial charge in [0.05, 0.1) is 73.0 Å². The van der Waals surface area contributed by atoms with Crippen LogP contribution in [0.2, 0.25) is 0 Å². The van der Waals surface area contributed by atoms with Crippen LogP contribution in [0.4, 0.5) is 115 Å². The number of rotatable bonds is 6. The van der Waals surface area contributed by atoms with E-state index in [-0.39, 0.29) is 5.69 Å². The Bertz CT molecular complexity index is 5140. The molecule has 92 heavy (non-hydrogen) atoms. The van der Waals surface area contributed by atoms with Crippen LogP contribution < -0.4 is 16.4 Å². The van der Waals surface area contributed by atoms with Crippen molar-refractivity contribution in [3.8, 4) is 0 Å². The minimum Gasteiger partial charge on any atom is -0.399 e. The molecule has 8 heterocycles. The third-order valence-electron chi connectivity index (χ3n) is 16.0. The van der Waals surface area contributed by atoms with Gasteiger partial charge in [-0.05, 0) is 53.1 Å². The molecule has 1 saturated heterocycles. The molecular weight excluding hydrogens is 1290 g/mol. The Hall–Kier alpha value is -10.6. The summed E-state index contributed by atoms with van der Waals surface area (Å²) in [4.78, 5) is 15.2. The zero-order valence-electron chi connectivity index (χ0n) is 43.7. The molecule has 3 N–H and O–H groups in total. The van der Waals surface area contributed by atoms with Crippen molar-refractivity contribution in [2.75, 3.05) is 5.73 Å². The van der Waals surface area contributed by atoms with Gasteiger partial charge >= 0.3 is 0 Å². The van der Waals surface area contributed by atoms with Crippen molar-refractivity contribution in [1.29, 1.82) is 0 Å². The highest BCUT2D eigenvalue weighted by molar-refractivity contribution is 6.38. The number of amidine groups is 1. The summed E-state index contributed by atoms with van der Waals surface area (Å²) in [6.45, 7) is 0. The van der Waals surface area contributed by atoms with Gasteiger partial charge in [0, 0.05) is 44.8 Å². The third-order valence-corrected chi connectivity index (χ3v) is 16.0. The van der Waals surface area contributed by atoms with E-state index in [0.717, 1.165) is 24.3 Å². The topological polar surface area (TPSA) is 82.1 Å². The number of anilines is 1. The standard InChI is InChI=1S/C61H15F25N6/c62-31-25(32(63)42(73)51(82)41(31)72)20-13-5-6-14(19(13)11-1-3-12(87)4-2-11)21(26-33(64)43(74)52(83)44(75)34(26)65)57-59-30-56(20)91-61-24(29-39(70)49(80)55(86)50(81)40(29)71)18-10-8-16(89-18)22(27-35(66)45(76)53(84)46(77)36(27)67)15-7-9-17(88-15)23(58(90-57)60(30)92(59)61)28-37(68)47(78)54(85)48(79)38(28)69/h1-10,19,60,89H,87H2. The normalized spacial score (nSPS) is 17.9. The number of hydrogen-bond donors (Lipinski definition) is 2. The monoisotopic (exact) mass is 1310 g/mol. The Morgan fingerprint density at radius 1 is 0.337 bits per heavy atom. The Labute approximate surface area is 491 Å². The molecule has 16 rings (SSSR count). The van der Waals surface area contributed by atoms with Gasteiger partial charge in [-0.3, -0.25) is 0 Å². The predicted octanol–water partition coefficient (Wildman–Crippen LogP) is 14.2. The van der Waals surface area contributed by atoms with Gasteiger partial charge in [-0.15, -0.1) is 0 Å². The third kappa shape index (κ3) is 7.54. The Morgan fingerprint density at radius 2 is 0.685 bits per heavy atom. The van der Waals surface area contributed by atoms with E-state index in [1.165, 1.54) is 0 Å². The van der Waals surface area contributed by atoms with E-state index in [1.807, 2.05) is 0 Å². The van der Waals surface area contributed by atoms with Gasteiger partial charge in [0.25, 0.3) is 0 Å². The molecule has 7 aliphatic heterocycles. The molecule has 9 aliphatic rings. The Morgan fingerprint density at radius 3 is 1.10 bits per heavy atom. The number of nitrogens with two attached hydrogens (primary N) is 1. The van der Waals surface area contributed by atoms with Crippen molar-refractivity contribution in [3.63, 3.8) is 0 Å². The highest BCUT2D eigenvalue weighted by atomic mass is 19.2. The van der Waals surface area contributed by atoms with Crippen LogP contribution in [0.5, 0.6) is 0 Å². The number of H-pyrrole nitrogens is 1. The lowest BCUT2D eigenvalue weighted by Crippen LogP contribution is -2.61. The van der Waals surface area contributed by atoms with Crippen molar-refractivity contribution in [2.45, 2.75) is 12.0 Å². The van der Waals surface area contributed by atoms with Crippen molar-refractivity contribution < 1.29 is 110 Å². The number of aromatic nitrogens is 1. The Balaban J connectivity index is 1.30. The Kier molecular flexibility index (Phi) is 12.8. The molecule has 2 atom stereocenters. The largest absolute Gasteiger partial charge is 0.399 e. The van der Waals surface area contributed by atoms with Crippen LogP contribution in [0.3, 0.4) is 0 Å². The van der Waals surface area contributed by atoms with Crippen LogP contribution in [-0.2, 0) is 0 Å². The van der Waals surface area contributed by atoms with E-state index < -0.39 is 286 Å². The number of aromatic amines is 1. The molecule has 0 saturated carbocycles. The van der Waals surface area contributed by atoms with Gasteiger partial charge in [0.15, 0.2) is 116 Å². The number of allylic oxidation sites excluding steroid dienone is 8. The van der Waals surface area contributed by atoms with E-state index in [4.69, 9.17) is 5.73 Å². The number of halogens is 25. The fraction of sp³-hybridized carbons (Fsp3) is 0.0328. The van der Waals surface area contributed by atoms with E-state index >= 15 is 105 Å². The van der Waals surface area contributed by atoms with Crippen molar-refractivity contribution >= 4 is 50.8 Å². The first kappa shape index (κ1) is 59.0. The molecule has 1 fully saturated rings. The summed E-state index contributed by atoms with van der Waals surface area (Å²) in [6, 6.07) is 2.36. The van der Waals surface area contributed by atoms with Gasteiger partial charge in [-0.1, -0.05) is 24.3 Å². The maximum Gasteiger partial charge on any atom is 0.200 e. The van der Waals surface area contributed by atoms with Crippen molar-refractivity contribution in [2.24, 2.45) is 15.0 Å². The van der Waals surface area contributed by atoms with Gasteiger partial charge in [0.1, 0.15) is 11.9 Å². The summed E-state index contributed by atoms with van der Waals surface area (Å²) in [5, 5.41) is -2.42. The maximum absolute atomic E-state index is 17.2. The number of hydrogen-bond acceptors (Lipinski definition) is 5. The van der Waals surface area contributed by atoms with Gasteiger partial charge in [-0.2, -0.15) is 0 Å². The molecule has 31 heteroatoms. The van der Waals surface area contributed by atoms with Gasteiger partial charge in [-0.25, -0.2) is 125 Å². The quantitative estimate of drug-likeness (QED) is 0.0753. The molecular formula is C61H15F25N6. The van der Waals surface area contributed by atoms with Gasteiger partial charge in [0.2, 0.25) is 29.1 Å². The van der Waals surface area contributed by atoms with Crippen molar-refractivity contribution in [1.82, 2.24) is 9.88 Å². The average molecular weight is 1310 g/mol. The second kappa shape index (κ2) is 19.9. The number of nitrogens with one attached hydrogen (secondary N) is 1. The van der Waals surface area contributed by atoms with Crippen LogP contribution in [0.25, 0.3) is 27.9 Å². The maximum atomic E-state index is 17.2. The molecule has 6 aromatic carbocycles. The van der Waals surface area contributed by atoms with E-state index in [2.05, 4.69) is 20.0 Å². The fourth-order valence-corrected chi connectivity index (χ4v) is 12.1. The molecule has 2 unspecified atom stereocenters. The van der Waals surface area contributed by atoms with E-state index in [9.17, 15) is 4.39 Å². The molecule has 0 spiro atoms. The SMILES string of the molecule is Nc1ccc(C2C3=C(c4c(F)c(F)c(F)c(F)c4F)C4=C5C6=C(N=C7C(c8c(F)c(F)c(F)c(F)c8F)=C8C=CC(=N8)C(c8c(F)c(F)c(F)c(F)c8F)=c8ccc([nH]8)=C(c8c(F)c(F)c(F)c(F)c8F)C(=N4)N6C75)C(c4c(F)c(F)c(F)c(F)c4F)=C2C=C3)cc1. The number of benzene rings is 6. The highest BCUT2D eigenvalue weighted by Crippen LogP contribution is 2.62. The van der Waals surface area contributed by atoms with E-state index in [0.29, 0.717) is 41.3 Å². The fourth-order valence-electron chi connectivity index (χ4n) is 12.1. The summed E-state index contributed by atoms with van der Waals surface area (Å²) in [5.41, 5.74) is -24.7. The van der Waals surface area contributed by atoms with Crippen LogP contribution >= 0.6 is 0 Å². The second-order valence-electron chi connectivity index (χ2n) is 20.6. The zero-order chi connectivity index (χ0) is 65.9. The molecule has 0 radical (unpaired) electrons. The number of nitrogens with zero attached hydrogens (tertiary/aromatic N) is 4. The van der Waals surface area contributed by atoms with E-state index in [1.54, 1.807) is 0 Å². The number of aliphatic imine (C=N–C) groups is 3. The molecule has 7 aromatic rings. The first-order valence-corrected chi connectivity index (χ1v) is 25.6. The molecule has 2 aliphatic carbocycles. The first-order chi connectivity index (χ1) is 43.5. The lowest BCUT2D eigenvalue weighted by Gasteiger charge is -2.55. The summed E-state index contributed by atoms with van der Waals surface area (Å²) in [6.07, 6.45) is 2.23. The number of nitrogen functional groups attached to an aromatic ring is 1. The number of fused-ring (bicyclic) bond motifs is 5. The smallest absolute Gasteiger partial charge is 0.200 e. The summed E-state index contributed by atoms with van der Waals surface area (Å²) in [7, 11) is 0.